The molecule has 0 nitrogen and oxygen atoms in total. The van der Waals surface area contributed by atoms with Gasteiger partial charge in [-0.25, -0.2) is 0 Å². The lowest BCUT2D eigenvalue weighted by Gasteiger charge is -2.21. The molecular weight excluding hydrogens is 1060 g/mol. The minimum atomic E-state index is 1.20. The monoisotopic (exact) mass is 1120 g/mol. The molecule has 0 aromatic heterocycles. The molecule has 0 aliphatic heterocycles. The zero-order valence-electron chi connectivity index (χ0n) is 51.1. The first-order valence-corrected chi connectivity index (χ1v) is 31.2. The van der Waals surface area contributed by atoms with Crippen molar-refractivity contribution in [2.45, 2.75) is 55.4 Å². The minimum absolute atomic E-state index is 1.20. The molecule has 17 rings (SSSR count). The number of aryl methyl sites for hydroxylation is 8. The van der Waals surface area contributed by atoms with Crippen molar-refractivity contribution in [3.63, 3.8) is 0 Å². The Morgan fingerprint density at radius 3 is 0.886 bits per heavy atom. The van der Waals surface area contributed by atoms with Gasteiger partial charge in [-0.15, -0.1) is 0 Å². The van der Waals surface area contributed by atoms with Crippen molar-refractivity contribution in [3.8, 4) is 122 Å². The van der Waals surface area contributed by atoms with Gasteiger partial charge < -0.3 is 0 Å². The Balaban J connectivity index is 0.902. The van der Waals surface area contributed by atoms with Crippen molar-refractivity contribution in [2.24, 2.45) is 0 Å². The first-order chi connectivity index (χ1) is 42.9. The van der Waals surface area contributed by atoms with Gasteiger partial charge in [0.1, 0.15) is 0 Å². The summed E-state index contributed by atoms with van der Waals surface area (Å²) in [5, 5.41) is 12.8. The second kappa shape index (κ2) is 19.6. The average Bonchev–Trinajstić information content (AvgIpc) is 1.55. The maximum atomic E-state index is 2.50. The number of fused-ring (bicyclic) bond motifs is 9. The molecule has 88 heavy (non-hydrogen) atoms. The third-order valence-corrected chi connectivity index (χ3v) is 19.3. The van der Waals surface area contributed by atoms with Gasteiger partial charge in [0, 0.05) is 0 Å². The highest BCUT2D eigenvalue weighted by Crippen LogP contribution is 2.61. The van der Waals surface area contributed by atoms with Crippen molar-refractivity contribution >= 4 is 53.9 Å². The Hall–Kier alpha value is -10.4. The van der Waals surface area contributed by atoms with Crippen LogP contribution in [0.1, 0.15) is 44.5 Å². The lowest BCUT2D eigenvalue weighted by molar-refractivity contribution is 1.38. The van der Waals surface area contributed by atoms with Crippen LogP contribution in [0.15, 0.2) is 243 Å². The summed E-state index contributed by atoms with van der Waals surface area (Å²) in [5.41, 5.74) is 38.3. The van der Waals surface area contributed by atoms with Crippen molar-refractivity contribution in [1.29, 1.82) is 0 Å². The quantitative estimate of drug-likeness (QED) is 0.149. The SMILES string of the molecule is Cc1cc(C)cc(-c2c3c(c(-c4cc(C)cc(C)c4)c4ccccc24)-c2ccc(-c4ccc5ccc(-c6ccc7c8c(cccc68)-c6c-7c(-c7cc(C)cc(C)c7)c7ccccc7c6-c6cc(C)cc(C)c6)c(-c6ccccc6)c5c4)c4cccc-3c24)c1. The predicted molar refractivity (Wildman–Crippen MR) is 379 cm³/mol. The van der Waals surface area contributed by atoms with Gasteiger partial charge in [-0.2, -0.15) is 0 Å². The lowest BCUT2D eigenvalue weighted by Crippen LogP contribution is -1.95. The van der Waals surface area contributed by atoms with Crippen LogP contribution in [0.4, 0.5) is 0 Å². The summed E-state index contributed by atoms with van der Waals surface area (Å²) in [6.45, 7) is 17.9. The Bertz CT molecular complexity index is 5270. The standard InChI is InChI=1S/C88H64/c1-49-36-50(2)41-60(40-49)79-68-20-12-14-22-70(68)81(62-44-53(5)38-54(6)45-62)87-75-34-32-64(66-24-16-26-73(83(66)75)85(79)87)59-29-28-57-30-31-72(78(77(57)48-59)58-18-10-9-11-19-58)65-33-35-76-84-67(65)25-17-27-74(84)86-80(61-42-51(3)37-52(4)43-61)69-21-13-15-23-71(69)82(88(76)86)63-46-55(7)39-56(8)47-63/h9-48H,1-8H3. The number of rotatable bonds is 7. The maximum Gasteiger partial charge on any atom is -0.000741 e. The zero-order valence-corrected chi connectivity index (χ0v) is 51.1. The molecule has 2 aliphatic carbocycles. The van der Waals surface area contributed by atoms with E-state index in [1.807, 2.05) is 0 Å². The predicted octanol–water partition coefficient (Wildman–Crippen LogP) is 24.9. The molecule has 0 saturated carbocycles. The molecule has 0 amide bonds. The summed E-state index contributed by atoms with van der Waals surface area (Å²) in [4.78, 5) is 0. The van der Waals surface area contributed by atoms with E-state index in [1.165, 1.54) is 221 Å². The molecular formula is C88H64. The van der Waals surface area contributed by atoms with Gasteiger partial charge in [0.2, 0.25) is 0 Å². The van der Waals surface area contributed by atoms with Gasteiger partial charge in [-0.05, 0) is 238 Å². The van der Waals surface area contributed by atoms with Crippen LogP contribution >= 0.6 is 0 Å². The smallest absolute Gasteiger partial charge is 0.000741 e. The first-order valence-electron chi connectivity index (χ1n) is 31.2. The highest BCUT2D eigenvalue weighted by molar-refractivity contribution is 6.31. The van der Waals surface area contributed by atoms with Crippen LogP contribution in [0.25, 0.3) is 176 Å². The van der Waals surface area contributed by atoms with Crippen molar-refractivity contribution in [3.05, 3.63) is 287 Å². The molecule has 0 unspecified atom stereocenters. The van der Waals surface area contributed by atoms with Crippen molar-refractivity contribution < 1.29 is 0 Å². The van der Waals surface area contributed by atoms with Gasteiger partial charge >= 0.3 is 0 Å². The Kier molecular flexibility index (Phi) is 11.6. The fraction of sp³-hybridized carbons (Fsp3) is 0.0909. The molecule has 0 spiro atoms. The van der Waals surface area contributed by atoms with Gasteiger partial charge in [0.05, 0.1) is 0 Å². The molecule has 0 radical (unpaired) electrons. The average molecular weight is 1120 g/mol. The Morgan fingerprint density at radius 2 is 0.477 bits per heavy atom. The molecule has 0 fully saturated rings. The molecule has 416 valence electrons. The molecule has 0 heteroatoms. The highest BCUT2D eigenvalue weighted by Gasteiger charge is 2.34. The van der Waals surface area contributed by atoms with Crippen LogP contribution in [0, 0.1) is 55.4 Å². The molecule has 0 saturated heterocycles. The number of benzene rings is 15. The lowest BCUT2D eigenvalue weighted by atomic mass is 9.81. The van der Waals surface area contributed by atoms with Crippen LogP contribution in [0.5, 0.6) is 0 Å². The summed E-state index contributed by atoms with van der Waals surface area (Å²) < 4.78 is 0. The van der Waals surface area contributed by atoms with Crippen molar-refractivity contribution in [1.82, 2.24) is 0 Å². The second-order valence-corrected chi connectivity index (χ2v) is 25.7. The summed E-state index contributed by atoms with van der Waals surface area (Å²) in [7, 11) is 0. The van der Waals surface area contributed by atoms with Gasteiger partial charge in [0.15, 0.2) is 0 Å². The third kappa shape index (κ3) is 7.84. The summed E-state index contributed by atoms with van der Waals surface area (Å²) in [6, 6.07) is 93.7. The minimum Gasteiger partial charge on any atom is -0.0622 e. The van der Waals surface area contributed by atoms with Crippen LogP contribution < -0.4 is 0 Å². The Labute approximate surface area is 515 Å². The zero-order chi connectivity index (χ0) is 59.4. The van der Waals surface area contributed by atoms with Crippen LogP contribution in [0.3, 0.4) is 0 Å². The van der Waals surface area contributed by atoms with E-state index >= 15 is 0 Å². The Morgan fingerprint density at radius 1 is 0.159 bits per heavy atom. The third-order valence-electron chi connectivity index (χ3n) is 19.3. The highest BCUT2D eigenvalue weighted by atomic mass is 14.4. The molecule has 15 aromatic rings. The molecule has 15 aromatic carbocycles. The molecule has 0 N–H and O–H groups in total. The second-order valence-electron chi connectivity index (χ2n) is 25.7. The van der Waals surface area contributed by atoms with Gasteiger partial charge in [0.25, 0.3) is 0 Å². The van der Waals surface area contributed by atoms with Crippen LogP contribution in [-0.2, 0) is 0 Å². The van der Waals surface area contributed by atoms with E-state index < -0.39 is 0 Å². The number of hydrogen-bond donors (Lipinski definition) is 0. The summed E-state index contributed by atoms with van der Waals surface area (Å²) in [5.74, 6) is 0. The van der Waals surface area contributed by atoms with E-state index in [1.54, 1.807) is 0 Å². The summed E-state index contributed by atoms with van der Waals surface area (Å²) >= 11 is 0. The van der Waals surface area contributed by atoms with E-state index in [0.29, 0.717) is 0 Å². The van der Waals surface area contributed by atoms with Gasteiger partial charge in [-0.1, -0.05) is 281 Å². The molecule has 0 heterocycles. The van der Waals surface area contributed by atoms with E-state index in [4.69, 9.17) is 0 Å². The largest absolute Gasteiger partial charge is 0.0622 e. The van der Waals surface area contributed by atoms with E-state index in [9.17, 15) is 0 Å². The molecule has 0 bridgehead atoms. The maximum absolute atomic E-state index is 2.50. The van der Waals surface area contributed by atoms with Crippen LogP contribution in [-0.4, -0.2) is 0 Å². The van der Waals surface area contributed by atoms with E-state index in [2.05, 4.69) is 298 Å². The topological polar surface area (TPSA) is 0 Å². The van der Waals surface area contributed by atoms with E-state index in [-0.39, 0.29) is 0 Å². The van der Waals surface area contributed by atoms with Crippen LogP contribution in [0.2, 0.25) is 0 Å². The molecule has 2 aliphatic rings. The summed E-state index contributed by atoms with van der Waals surface area (Å²) in [6.07, 6.45) is 0. The van der Waals surface area contributed by atoms with E-state index in [0.717, 1.165) is 0 Å². The molecule has 0 atom stereocenters. The van der Waals surface area contributed by atoms with Crippen molar-refractivity contribution in [2.75, 3.05) is 0 Å². The fourth-order valence-electron chi connectivity index (χ4n) is 16.4. The fourth-order valence-corrected chi connectivity index (χ4v) is 16.4. The first kappa shape index (κ1) is 52.0. The normalized spacial score (nSPS) is 12.1. The van der Waals surface area contributed by atoms with Gasteiger partial charge in [-0.3, -0.25) is 0 Å². The number of hydrogen-bond acceptors (Lipinski definition) is 0.